The zero-order valence-corrected chi connectivity index (χ0v) is 9.80. The molecule has 14 heavy (non-hydrogen) atoms. The van der Waals surface area contributed by atoms with Crippen LogP contribution in [0.15, 0.2) is 28.1 Å². The molecular weight excluding hydrogens is 264 g/mol. The number of hydrogen-bond donors (Lipinski definition) is 0. The average molecular weight is 271 g/mol. The second kappa shape index (κ2) is 4.06. The van der Waals surface area contributed by atoms with Gasteiger partial charge in [-0.2, -0.15) is 0 Å². The van der Waals surface area contributed by atoms with Crippen molar-refractivity contribution in [3.63, 3.8) is 0 Å². The molecule has 0 aliphatic carbocycles. The van der Waals surface area contributed by atoms with E-state index in [1.807, 2.05) is 18.2 Å². The van der Waals surface area contributed by atoms with Crippen LogP contribution in [0.5, 0.6) is 5.88 Å². The molecular formula is C9H7BrN2OS. The Kier molecular flexibility index (Phi) is 2.79. The highest BCUT2D eigenvalue weighted by atomic mass is 79.9. The molecule has 2 heterocycles. The lowest BCUT2D eigenvalue weighted by Crippen LogP contribution is -1.90. The quantitative estimate of drug-likeness (QED) is 0.842. The number of methoxy groups -OCH3 is 1. The summed E-state index contributed by atoms with van der Waals surface area (Å²) in [6.07, 6.45) is 0. The van der Waals surface area contributed by atoms with Gasteiger partial charge in [0.05, 0.1) is 15.8 Å². The van der Waals surface area contributed by atoms with Gasteiger partial charge < -0.3 is 4.74 Å². The summed E-state index contributed by atoms with van der Waals surface area (Å²) in [5, 5.41) is 7.95. The Balaban J connectivity index is 2.33. The molecule has 0 fully saturated rings. The van der Waals surface area contributed by atoms with Gasteiger partial charge >= 0.3 is 0 Å². The van der Waals surface area contributed by atoms with Gasteiger partial charge in [0.15, 0.2) is 0 Å². The first kappa shape index (κ1) is 9.61. The molecule has 2 rings (SSSR count). The van der Waals surface area contributed by atoms with E-state index in [1.165, 1.54) is 0 Å². The fourth-order valence-electron chi connectivity index (χ4n) is 1.01. The summed E-state index contributed by atoms with van der Waals surface area (Å²) in [5.74, 6) is 0.532. The van der Waals surface area contributed by atoms with Gasteiger partial charge in [-0.1, -0.05) is 0 Å². The molecule has 0 saturated carbocycles. The van der Waals surface area contributed by atoms with Crippen LogP contribution >= 0.6 is 27.3 Å². The molecule has 0 bridgehead atoms. The molecule has 2 aromatic rings. The maximum absolute atomic E-state index is 4.93. The van der Waals surface area contributed by atoms with Crippen LogP contribution in [-0.2, 0) is 0 Å². The Bertz CT molecular complexity index is 427. The van der Waals surface area contributed by atoms with Crippen molar-refractivity contribution in [2.24, 2.45) is 0 Å². The first-order chi connectivity index (χ1) is 6.79. The monoisotopic (exact) mass is 270 g/mol. The standard InChI is InChI=1S/C9H7BrN2OS/c1-13-9-5-2-6(11-12-9)7-3-4-8(10)14-7/h2-5H,1H3. The molecule has 0 amide bonds. The van der Waals surface area contributed by atoms with Gasteiger partial charge in [0.2, 0.25) is 5.88 Å². The minimum Gasteiger partial charge on any atom is -0.480 e. The van der Waals surface area contributed by atoms with Crippen LogP contribution < -0.4 is 4.74 Å². The third kappa shape index (κ3) is 1.93. The van der Waals surface area contributed by atoms with E-state index >= 15 is 0 Å². The summed E-state index contributed by atoms with van der Waals surface area (Å²) in [6, 6.07) is 7.69. The highest BCUT2D eigenvalue weighted by Gasteiger charge is 2.03. The Morgan fingerprint density at radius 2 is 2.07 bits per heavy atom. The maximum atomic E-state index is 4.93. The summed E-state index contributed by atoms with van der Waals surface area (Å²) in [6.45, 7) is 0. The van der Waals surface area contributed by atoms with E-state index in [1.54, 1.807) is 24.5 Å². The Hall–Kier alpha value is -0.940. The number of nitrogens with zero attached hydrogens (tertiary/aromatic N) is 2. The molecule has 2 aromatic heterocycles. The van der Waals surface area contributed by atoms with E-state index in [4.69, 9.17) is 4.74 Å². The van der Waals surface area contributed by atoms with Gasteiger partial charge in [-0.15, -0.1) is 21.5 Å². The zero-order chi connectivity index (χ0) is 9.97. The molecule has 0 atom stereocenters. The number of halogens is 1. The second-order valence-electron chi connectivity index (χ2n) is 2.56. The topological polar surface area (TPSA) is 35.0 Å². The van der Waals surface area contributed by atoms with Crippen molar-refractivity contribution >= 4 is 27.3 Å². The smallest absolute Gasteiger partial charge is 0.233 e. The fraction of sp³-hybridized carbons (Fsp3) is 0.111. The SMILES string of the molecule is COc1ccc(-c2ccc(Br)s2)nn1. The lowest BCUT2D eigenvalue weighted by molar-refractivity contribution is 0.392. The predicted molar refractivity (Wildman–Crippen MR) is 59.6 cm³/mol. The highest BCUT2D eigenvalue weighted by molar-refractivity contribution is 9.11. The van der Waals surface area contributed by atoms with Crippen LogP contribution in [0.3, 0.4) is 0 Å². The molecule has 3 nitrogen and oxygen atoms in total. The lowest BCUT2D eigenvalue weighted by Gasteiger charge is -1.97. The molecule has 0 aromatic carbocycles. The van der Waals surface area contributed by atoms with Crippen LogP contribution in [0.25, 0.3) is 10.6 Å². The largest absolute Gasteiger partial charge is 0.480 e. The predicted octanol–water partition coefficient (Wildman–Crippen LogP) is 2.98. The van der Waals surface area contributed by atoms with Crippen molar-refractivity contribution in [2.45, 2.75) is 0 Å². The van der Waals surface area contributed by atoms with Crippen LogP contribution in [-0.4, -0.2) is 17.3 Å². The van der Waals surface area contributed by atoms with Crippen molar-refractivity contribution in [3.05, 3.63) is 28.1 Å². The number of rotatable bonds is 2. The van der Waals surface area contributed by atoms with Crippen molar-refractivity contribution in [2.75, 3.05) is 7.11 Å². The van der Waals surface area contributed by atoms with E-state index in [0.29, 0.717) is 5.88 Å². The van der Waals surface area contributed by atoms with E-state index in [-0.39, 0.29) is 0 Å². The summed E-state index contributed by atoms with van der Waals surface area (Å²) < 4.78 is 6.02. The third-order valence-electron chi connectivity index (χ3n) is 1.67. The average Bonchev–Trinajstić information content (AvgIpc) is 2.65. The molecule has 0 unspecified atom stereocenters. The number of ether oxygens (including phenoxy) is 1. The van der Waals surface area contributed by atoms with E-state index in [2.05, 4.69) is 26.1 Å². The van der Waals surface area contributed by atoms with Crippen LogP contribution in [0.2, 0.25) is 0 Å². The number of hydrogen-bond acceptors (Lipinski definition) is 4. The Labute approximate surface area is 93.9 Å². The van der Waals surface area contributed by atoms with Crippen LogP contribution in [0.4, 0.5) is 0 Å². The zero-order valence-electron chi connectivity index (χ0n) is 7.40. The molecule has 0 radical (unpaired) electrons. The van der Waals surface area contributed by atoms with Gasteiger partial charge in [0.25, 0.3) is 0 Å². The van der Waals surface area contributed by atoms with Gasteiger partial charge in [-0.25, -0.2) is 0 Å². The summed E-state index contributed by atoms with van der Waals surface area (Å²) in [4.78, 5) is 1.09. The fourth-order valence-corrected chi connectivity index (χ4v) is 2.36. The molecule has 72 valence electrons. The minimum absolute atomic E-state index is 0.532. The lowest BCUT2D eigenvalue weighted by atomic mass is 10.3. The molecule has 0 saturated heterocycles. The minimum atomic E-state index is 0.532. The van der Waals surface area contributed by atoms with Gasteiger partial charge in [0.1, 0.15) is 5.69 Å². The highest BCUT2D eigenvalue weighted by Crippen LogP contribution is 2.29. The number of aromatic nitrogens is 2. The van der Waals surface area contributed by atoms with Gasteiger partial charge in [0, 0.05) is 6.07 Å². The number of thiophene rings is 1. The van der Waals surface area contributed by atoms with E-state index in [9.17, 15) is 0 Å². The summed E-state index contributed by atoms with van der Waals surface area (Å²) in [5.41, 5.74) is 0.863. The van der Waals surface area contributed by atoms with Crippen LogP contribution in [0, 0.1) is 0 Å². The Morgan fingerprint density at radius 1 is 1.21 bits per heavy atom. The Morgan fingerprint density at radius 3 is 2.57 bits per heavy atom. The third-order valence-corrected chi connectivity index (χ3v) is 3.32. The van der Waals surface area contributed by atoms with Crippen molar-refractivity contribution in [3.8, 4) is 16.5 Å². The van der Waals surface area contributed by atoms with Crippen LogP contribution in [0.1, 0.15) is 0 Å². The molecule has 0 aliphatic rings. The molecule has 0 spiro atoms. The maximum Gasteiger partial charge on any atom is 0.233 e. The van der Waals surface area contributed by atoms with Gasteiger partial charge in [-0.3, -0.25) is 0 Å². The van der Waals surface area contributed by atoms with E-state index in [0.717, 1.165) is 14.4 Å². The molecule has 0 aliphatic heterocycles. The molecule has 0 N–H and O–H groups in total. The van der Waals surface area contributed by atoms with Crippen molar-refractivity contribution in [1.29, 1.82) is 0 Å². The molecule has 5 heteroatoms. The van der Waals surface area contributed by atoms with Crippen molar-refractivity contribution < 1.29 is 4.74 Å². The van der Waals surface area contributed by atoms with Gasteiger partial charge in [-0.05, 0) is 34.1 Å². The second-order valence-corrected chi connectivity index (χ2v) is 5.03. The van der Waals surface area contributed by atoms with E-state index < -0.39 is 0 Å². The first-order valence-electron chi connectivity index (χ1n) is 3.93. The summed E-state index contributed by atoms with van der Waals surface area (Å²) >= 11 is 5.03. The summed E-state index contributed by atoms with van der Waals surface area (Å²) in [7, 11) is 1.57. The first-order valence-corrected chi connectivity index (χ1v) is 5.54. The normalized spacial score (nSPS) is 10.1. The van der Waals surface area contributed by atoms with Crippen molar-refractivity contribution in [1.82, 2.24) is 10.2 Å².